The number of thioether (sulfide) groups is 1. The second-order valence-corrected chi connectivity index (χ2v) is 10.00. The first kappa shape index (κ1) is 26.1. The van der Waals surface area contributed by atoms with Gasteiger partial charge in [-0.05, 0) is 47.7 Å². The lowest BCUT2D eigenvalue weighted by Crippen LogP contribution is -2.36. The average molecular weight is 565 g/mol. The lowest BCUT2D eigenvalue weighted by Gasteiger charge is -2.12. The van der Waals surface area contributed by atoms with Crippen molar-refractivity contribution in [3.8, 4) is 0 Å². The Morgan fingerprint density at radius 3 is 2.56 bits per heavy atom. The Labute approximate surface area is 230 Å². The molecule has 1 aliphatic rings. The first-order chi connectivity index (χ1) is 18.7. The highest BCUT2D eigenvalue weighted by Crippen LogP contribution is 2.34. The van der Waals surface area contributed by atoms with Crippen LogP contribution in [0.15, 0.2) is 77.8 Å². The molecule has 1 fully saturated rings. The molecule has 1 aromatic heterocycles. The predicted molar refractivity (Wildman–Crippen MR) is 147 cm³/mol. The van der Waals surface area contributed by atoms with Crippen molar-refractivity contribution < 1.29 is 23.7 Å². The van der Waals surface area contributed by atoms with Gasteiger partial charge in [0, 0.05) is 47.0 Å². The number of halogens is 2. The molecule has 1 N–H and O–H groups in total. The van der Waals surface area contributed by atoms with Crippen molar-refractivity contribution in [3.63, 3.8) is 0 Å². The summed E-state index contributed by atoms with van der Waals surface area (Å²) in [7, 11) is 0. The van der Waals surface area contributed by atoms with Crippen LogP contribution >= 0.6 is 23.4 Å². The molecule has 0 aliphatic carbocycles. The molecule has 196 valence electrons. The molecule has 0 atom stereocenters. The number of benzene rings is 3. The standard InChI is InChI=1S/C27H18ClFN4O5S/c28-21-12-18(7-10-22(21)29)30-25(34)15-32-26(35)24(39-27(32)36)11-17-14-31(23-4-2-1-3-20(17)23)13-16-5-8-19(9-6-16)33(37)38/h1-12,14H,13,15H2,(H,30,34)/b24-11-. The molecule has 12 heteroatoms. The summed E-state index contributed by atoms with van der Waals surface area (Å²) in [4.78, 5) is 49.6. The van der Waals surface area contributed by atoms with Crippen LogP contribution in [0.25, 0.3) is 17.0 Å². The highest BCUT2D eigenvalue weighted by Gasteiger charge is 2.36. The zero-order valence-corrected chi connectivity index (χ0v) is 21.5. The maximum absolute atomic E-state index is 13.4. The monoisotopic (exact) mass is 564 g/mol. The van der Waals surface area contributed by atoms with Crippen molar-refractivity contribution in [1.82, 2.24) is 9.47 Å². The first-order valence-corrected chi connectivity index (χ1v) is 12.7. The minimum Gasteiger partial charge on any atom is -0.342 e. The van der Waals surface area contributed by atoms with Gasteiger partial charge in [0.05, 0.1) is 14.9 Å². The number of para-hydroxylation sites is 1. The SMILES string of the molecule is O=C(CN1C(=O)S/C(=C\c2cn(Cc3ccc([N+](=O)[O-])cc3)c3ccccc23)C1=O)Nc1ccc(F)c(Cl)c1. The fourth-order valence-corrected chi connectivity index (χ4v) is 5.15. The molecular formula is C27H18ClFN4O5S. The van der Waals surface area contributed by atoms with E-state index in [2.05, 4.69) is 5.32 Å². The molecule has 1 aliphatic heterocycles. The summed E-state index contributed by atoms with van der Waals surface area (Å²) >= 11 is 6.46. The van der Waals surface area contributed by atoms with Gasteiger partial charge in [-0.15, -0.1) is 0 Å². The maximum Gasteiger partial charge on any atom is 0.294 e. The summed E-state index contributed by atoms with van der Waals surface area (Å²) in [5, 5.41) is 13.5. The smallest absolute Gasteiger partial charge is 0.294 e. The zero-order chi connectivity index (χ0) is 27.7. The number of hydrogen-bond donors (Lipinski definition) is 1. The first-order valence-electron chi connectivity index (χ1n) is 11.5. The predicted octanol–water partition coefficient (Wildman–Crippen LogP) is 6.07. The molecule has 2 heterocycles. The van der Waals surface area contributed by atoms with Gasteiger partial charge in [0.25, 0.3) is 16.8 Å². The number of aromatic nitrogens is 1. The minimum atomic E-state index is -0.639. The fraction of sp³-hybridized carbons (Fsp3) is 0.0741. The molecule has 3 amide bonds. The van der Waals surface area contributed by atoms with Crippen LogP contribution in [0, 0.1) is 15.9 Å². The molecular weight excluding hydrogens is 547 g/mol. The Morgan fingerprint density at radius 1 is 1.10 bits per heavy atom. The molecule has 3 aromatic carbocycles. The quantitative estimate of drug-likeness (QED) is 0.166. The molecule has 0 unspecified atom stereocenters. The summed E-state index contributed by atoms with van der Waals surface area (Å²) in [6.07, 6.45) is 3.45. The number of carbonyl (C=O) groups excluding carboxylic acids is 3. The van der Waals surface area contributed by atoms with E-state index < -0.39 is 34.3 Å². The van der Waals surface area contributed by atoms with Crippen molar-refractivity contribution in [1.29, 1.82) is 0 Å². The number of nitrogens with one attached hydrogen (secondary N) is 1. The van der Waals surface area contributed by atoms with E-state index in [9.17, 15) is 28.9 Å². The number of non-ortho nitro benzene ring substituents is 1. The fourth-order valence-electron chi connectivity index (χ4n) is 4.14. The topological polar surface area (TPSA) is 115 Å². The second kappa shape index (κ2) is 10.7. The van der Waals surface area contributed by atoms with Crippen LogP contribution in [0.2, 0.25) is 5.02 Å². The molecule has 1 saturated heterocycles. The number of nitro groups is 1. The average Bonchev–Trinajstić information content (AvgIpc) is 3.38. The van der Waals surface area contributed by atoms with Gasteiger partial charge in [0.1, 0.15) is 12.4 Å². The number of hydrogen-bond acceptors (Lipinski definition) is 6. The van der Waals surface area contributed by atoms with Crippen molar-refractivity contribution in [2.24, 2.45) is 0 Å². The lowest BCUT2D eigenvalue weighted by atomic mass is 10.1. The van der Waals surface area contributed by atoms with Crippen LogP contribution in [0.3, 0.4) is 0 Å². The van der Waals surface area contributed by atoms with Gasteiger partial charge in [-0.25, -0.2) is 4.39 Å². The molecule has 0 bridgehead atoms. The number of nitro benzene ring substituents is 1. The number of rotatable bonds is 7. The van der Waals surface area contributed by atoms with E-state index in [4.69, 9.17) is 11.6 Å². The summed E-state index contributed by atoms with van der Waals surface area (Å²) < 4.78 is 15.3. The van der Waals surface area contributed by atoms with Gasteiger partial charge >= 0.3 is 0 Å². The number of carbonyl (C=O) groups is 3. The number of imide groups is 1. The molecule has 9 nitrogen and oxygen atoms in total. The number of amides is 3. The van der Waals surface area contributed by atoms with Crippen molar-refractivity contribution >= 4 is 68.8 Å². The summed E-state index contributed by atoms with van der Waals surface area (Å²) in [6.45, 7) is -0.0830. The minimum absolute atomic E-state index is 0.00248. The van der Waals surface area contributed by atoms with Gasteiger partial charge in [-0.2, -0.15) is 0 Å². The van der Waals surface area contributed by atoms with E-state index in [1.807, 2.05) is 35.0 Å². The van der Waals surface area contributed by atoms with Crippen LogP contribution in [0.4, 0.5) is 20.6 Å². The van der Waals surface area contributed by atoms with Gasteiger partial charge in [0.15, 0.2) is 0 Å². The Bertz CT molecular complexity index is 1690. The summed E-state index contributed by atoms with van der Waals surface area (Å²) in [5.41, 5.74) is 2.65. The third-order valence-electron chi connectivity index (χ3n) is 5.98. The third kappa shape index (κ3) is 5.54. The molecule has 39 heavy (non-hydrogen) atoms. The lowest BCUT2D eigenvalue weighted by molar-refractivity contribution is -0.384. The normalized spacial score (nSPS) is 14.4. The summed E-state index contributed by atoms with van der Waals surface area (Å²) in [6, 6.07) is 17.4. The van der Waals surface area contributed by atoms with Crippen molar-refractivity contribution in [2.45, 2.75) is 6.54 Å². The van der Waals surface area contributed by atoms with Gasteiger partial charge < -0.3 is 9.88 Å². The van der Waals surface area contributed by atoms with Crippen LogP contribution in [0.1, 0.15) is 11.1 Å². The van der Waals surface area contributed by atoms with E-state index in [1.54, 1.807) is 18.2 Å². The van der Waals surface area contributed by atoms with Crippen LogP contribution < -0.4 is 5.32 Å². The van der Waals surface area contributed by atoms with Crippen LogP contribution in [-0.2, 0) is 16.1 Å². The van der Waals surface area contributed by atoms with Crippen molar-refractivity contribution in [3.05, 3.63) is 110 Å². The maximum atomic E-state index is 13.4. The van der Waals surface area contributed by atoms with E-state index >= 15 is 0 Å². The Morgan fingerprint density at radius 2 is 1.85 bits per heavy atom. The number of anilines is 1. The number of nitrogens with zero attached hydrogens (tertiary/aromatic N) is 3. The Kier molecular flexibility index (Phi) is 7.18. The molecule has 0 spiro atoms. The molecule has 4 aromatic rings. The van der Waals surface area contributed by atoms with Crippen LogP contribution in [0.5, 0.6) is 0 Å². The molecule has 0 saturated carbocycles. The van der Waals surface area contributed by atoms with E-state index in [0.717, 1.165) is 39.2 Å². The van der Waals surface area contributed by atoms with E-state index in [-0.39, 0.29) is 21.3 Å². The molecule has 0 radical (unpaired) electrons. The second-order valence-electron chi connectivity index (χ2n) is 8.60. The van der Waals surface area contributed by atoms with E-state index in [1.165, 1.54) is 24.3 Å². The Hall–Kier alpha value is -4.48. The van der Waals surface area contributed by atoms with E-state index in [0.29, 0.717) is 12.1 Å². The third-order valence-corrected chi connectivity index (χ3v) is 7.18. The van der Waals surface area contributed by atoms with Crippen LogP contribution in [-0.4, -0.2) is 38.0 Å². The van der Waals surface area contributed by atoms with Crippen molar-refractivity contribution in [2.75, 3.05) is 11.9 Å². The summed E-state index contributed by atoms with van der Waals surface area (Å²) in [5.74, 6) is -1.88. The highest BCUT2D eigenvalue weighted by molar-refractivity contribution is 8.18. The van der Waals surface area contributed by atoms with Gasteiger partial charge in [-0.1, -0.05) is 41.9 Å². The zero-order valence-electron chi connectivity index (χ0n) is 20.0. The van der Waals surface area contributed by atoms with Gasteiger partial charge in [-0.3, -0.25) is 29.4 Å². The highest BCUT2D eigenvalue weighted by atomic mass is 35.5. The number of fused-ring (bicyclic) bond motifs is 1. The molecule has 5 rings (SSSR count). The van der Waals surface area contributed by atoms with Gasteiger partial charge in [0.2, 0.25) is 5.91 Å². The largest absolute Gasteiger partial charge is 0.342 e. The Balaban J connectivity index is 1.35.